The fraction of sp³-hybridized carbons (Fsp3) is 0.393. The Morgan fingerprint density at radius 3 is 1.14 bits per heavy atom. The molecule has 0 radical (unpaired) electrons. The van der Waals surface area contributed by atoms with Crippen molar-refractivity contribution in [2.45, 2.75) is 139 Å². The number of carboxylic acid groups (broad SMARTS) is 1. The summed E-state index contributed by atoms with van der Waals surface area (Å²) in [7, 11) is 0. The molecule has 0 spiro atoms. The van der Waals surface area contributed by atoms with Crippen molar-refractivity contribution in [2.75, 3.05) is 6.54 Å². The van der Waals surface area contributed by atoms with Crippen LogP contribution in [-0.2, 0) is 83.2 Å². The molecule has 0 bridgehead atoms. The van der Waals surface area contributed by atoms with Gasteiger partial charge in [0.25, 0.3) is 0 Å². The van der Waals surface area contributed by atoms with Crippen molar-refractivity contribution in [1.82, 2.24) is 42.5 Å². The van der Waals surface area contributed by atoms with Gasteiger partial charge in [-0.3, -0.25) is 57.7 Å². The van der Waals surface area contributed by atoms with Crippen LogP contribution in [-0.4, -0.2) is 158 Å². The number of aromatic hydroxyl groups is 3. The van der Waals surface area contributed by atoms with E-state index in [-0.39, 0.29) is 79.8 Å². The molecule has 4 aromatic rings. The molecule has 0 aliphatic carbocycles. The minimum Gasteiger partial charge on any atom is -0.508 e. The van der Waals surface area contributed by atoms with Gasteiger partial charge in [0, 0.05) is 38.6 Å². The second-order valence-corrected chi connectivity index (χ2v) is 22.2. The summed E-state index contributed by atoms with van der Waals surface area (Å²) in [5.74, 6) is -13.8. The smallest absolute Gasteiger partial charge is 0.326 e. The maximum Gasteiger partial charge on any atom is 0.326 e. The van der Waals surface area contributed by atoms with Crippen molar-refractivity contribution in [3.8, 4) is 17.2 Å². The van der Waals surface area contributed by atoms with Gasteiger partial charge in [0.15, 0.2) is 5.96 Å². The predicted molar refractivity (Wildman–Crippen MR) is 332 cm³/mol. The van der Waals surface area contributed by atoms with Crippen LogP contribution < -0.4 is 76.9 Å². The lowest BCUT2D eigenvalue weighted by atomic mass is 10.00. The summed E-state index contributed by atoms with van der Waals surface area (Å²) in [6.45, 7) is 3.47. The molecule has 0 saturated carbocycles. The van der Waals surface area contributed by atoms with Crippen LogP contribution in [0.1, 0.15) is 81.0 Å². The molecule has 31 nitrogen and oxygen atoms in total. The van der Waals surface area contributed by atoms with Gasteiger partial charge in [-0.05, 0) is 90.3 Å². The van der Waals surface area contributed by atoms with E-state index in [4.69, 9.17) is 34.4 Å². The summed E-state index contributed by atoms with van der Waals surface area (Å²) in [6, 6.07) is 10.1. The monoisotopic (exact) mass is 1280 g/mol. The third-order valence-electron chi connectivity index (χ3n) is 14.0. The molecular formula is C61H81N15O16. The van der Waals surface area contributed by atoms with Gasteiger partial charge in [-0.25, -0.2) is 4.79 Å². The number of nitrogens with two attached hydrogens (primary N) is 6. The summed E-state index contributed by atoms with van der Waals surface area (Å²) in [4.78, 5) is 167. The highest BCUT2D eigenvalue weighted by Gasteiger charge is 2.36. The number of carboxylic acids is 1. The van der Waals surface area contributed by atoms with Gasteiger partial charge in [0.05, 0.1) is 18.9 Å². The van der Waals surface area contributed by atoms with Crippen LogP contribution in [0.25, 0.3) is 0 Å². The van der Waals surface area contributed by atoms with Gasteiger partial charge in [0.2, 0.25) is 65.0 Å². The molecule has 31 heteroatoms. The number of nitrogens with zero attached hydrogens (tertiary/aromatic N) is 1. The summed E-state index contributed by atoms with van der Waals surface area (Å²) in [5.41, 5.74) is 34.8. The average molecular weight is 1280 g/mol. The van der Waals surface area contributed by atoms with Crippen LogP contribution in [0.3, 0.4) is 0 Å². The molecule has 24 N–H and O–H groups in total. The number of amides is 11. The van der Waals surface area contributed by atoms with E-state index in [2.05, 4.69) is 47.5 Å². The Bertz CT molecular complexity index is 3240. The highest BCUT2D eigenvalue weighted by Crippen LogP contribution is 2.17. The van der Waals surface area contributed by atoms with Crippen molar-refractivity contribution in [3.05, 3.63) is 125 Å². The molecule has 11 amide bonds. The van der Waals surface area contributed by atoms with Crippen molar-refractivity contribution < 1.29 is 78.0 Å². The predicted octanol–water partition coefficient (Wildman–Crippen LogP) is -3.52. The molecule has 0 aromatic heterocycles. The van der Waals surface area contributed by atoms with E-state index in [9.17, 15) is 78.0 Å². The van der Waals surface area contributed by atoms with Gasteiger partial charge in [-0.2, -0.15) is 0 Å². The van der Waals surface area contributed by atoms with E-state index in [1.165, 1.54) is 72.8 Å². The van der Waals surface area contributed by atoms with Gasteiger partial charge in [-0.15, -0.1) is 0 Å². The first kappa shape index (κ1) is 73.6. The lowest BCUT2D eigenvalue weighted by molar-refractivity contribution is -0.142. The normalized spacial score (nSPS) is 13.9. The number of nitrogens with one attached hydrogen (secondary N) is 8. The largest absolute Gasteiger partial charge is 0.508 e. The van der Waals surface area contributed by atoms with Crippen molar-refractivity contribution >= 4 is 76.9 Å². The lowest BCUT2D eigenvalue weighted by Gasteiger charge is -2.28. The van der Waals surface area contributed by atoms with Gasteiger partial charge < -0.3 is 97.4 Å². The number of aliphatic carboxylic acids is 1. The average Bonchev–Trinajstić information content (AvgIpc) is 0.959. The van der Waals surface area contributed by atoms with Gasteiger partial charge in [-0.1, -0.05) is 80.6 Å². The maximum absolute atomic E-state index is 14.7. The molecule has 92 heavy (non-hydrogen) atoms. The van der Waals surface area contributed by atoms with Gasteiger partial charge in [0.1, 0.15) is 65.6 Å². The molecule has 0 aliphatic heterocycles. The molecule has 0 aliphatic rings. The topological polar surface area (TPSA) is 550 Å². The highest BCUT2D eigenvalue weighted by atomic mass is 16.4. The second-order valence-electron chi connectivity index (χ2n) is 22.2. The van der Waals surface area contributed by atoms with E-state index >= 15 is 0 Å². The van der Waals surface area contributed by atoms with Crippen LogP contribution in [0.2, 0.25) is 0 Å². The Morgan fingerprint density at radius 2 is 0.739 bits per heavy atom. The zero-order valence-corrected chi connectivity index (χ0v) is 50.7. The molecular weight excluding hydrogens is 1200 g/mol. The highest BCUT2D eigenvalue weighted by molar-refractivity contribution is 5.99. The molecule has 0 fully saturated rings. The minimum atomic E-state index is -1.90. The first-order valence-corrected chi connectivity index (χ1v) is 29.2. The standard InChI is InChI=1S/C61H81N15O16/c1-32(2)25-43(55(86)76-48(60(91)92)29-33-7-4-3-5-8-33)72-53(84)41(9-6-24-68-61(66)67)69-56(87)45(27-35-12-18-38(78)19-13-35)73-54(85)42(22-23-49(63)80)70-57(88)46(28-36-14-20-39(79)21-15-36)74-59(90)47(31-51(65)82)75-58(89)44(26-34-10-16-37(77)17-11-34)71-52(83)40(62)30-50(64)81/h3-5,7-8,10-21,32,40-48,77-79H,6,9,22-31,62H2,1-2H3,(H2,63,80)(H2,64,81)(H2,65,82)(H,69,87)(H,70,88)(H,71,83)(H,72,84)(H,73,85)(H,74,90)(H,75,89)(H,76,86)(H,91,92)(H4,66,67,68)/t40-,41-,42-,43-,44-,45-,46-,47-,48-/m0/s1. The number of guanidine groups is 1. The number of phenols is 3. The first-order chi connectivity index (χ1) is 43.5. The number of hydrogen-bond donors (Lipinski definition) is 18. The number of rotatable bonds is 38. The third-order valence-corrected chi connectivity index (χ3v) is 14.0. The lowest BCUT2D eigenvalue weighted by Crippen LogP contribution is -2.61. The van der Waals surface area contributed by atoms with E-state index in [0.717, 1.165) is 0 Å². The fourth-order valence-electron chi connectivity index (χ4n) is 9.22. The Balaban J connectivity index is 1.70. The molecule has 4 rings (SSSR count). The zero-order valence-electron chi connectivity index (χ0n) is 50.7. The van der Waals surface area contributed by atoms with Crippen LogP contribution in [0.15, 0.2) is 108 Å². The Kier molecular flexibility index (Phi) is 29.3. The number of aliphatic imine (C=N–C) groups is 1. The minimum absolute atomic E-state index is 0.00787. The Morgan fingerprint density at radius 1 is 0.402 bits per heavy atom. The van der Waals surface area contributed by atoms with Crippen molar-refractivity contribution in [2.24, 2.45) is 45.3 Å². The van der Waals surface area contributed by atoms with Crippen LogP contribution in [0.4, 0.5) is 0 Å². The first-order valence-electron chi connectivity index (χ1n) is 29.2. The Hall–Kier alpha value is -10.9. The number of phenolic OH excluding ortho intramolecular Hbond substituents is 3. The summed E-state index contributed by atoms with van der Waals surface area (Å²) in [6.07, 6.45) is -3.95. The van der Waals surface area contributed by atoms with E-state index in [0.29, 0.717) is 16.7 Å². The molecule has 4 aromatic carbocycles. The number of hydrogen-bond acceptors (Lipinski definition) is 17. The molecule has 0 unspecified atom stereocenters. The number of carbonyl (C=O) groups excluding carboxylic acids is 11. The second kappa shape index (κ2) is 36.6. The molecule has 9 atom stereocenters. The van der Waals surface area contributed by atoms with Crippen molar-refractivity contribution in [1.29, 1.82) is 0 Å². The number of benzene rings is 4. The Labute approximate surface area is 529 Å². The number of primary amides is 3. The maximum atomic E-state index is 14.7. The van der Waals surface area contributed by atoms with E-state index in [1.54, 1.807) is 44.2 Å². The SMILES string of the molecule is CC(C)C[C@H](NC(=O)[C@H](CCCN=C(N)N)NC(=O)[C@H](Cc1ccc(O)cc1)NC(=O)[C@H](CCC(N)=O)NC(=O)[C@H](Cc1ccc(O)cc1)NC(=O)[C@H](CC(N)=O)NC(=O)[C@H](Cc1ccc(O)cc1)NC(=O)[C@@H](N)CC(N)=O)C(=O)N[C@@H](Cc1ccccc1)C(=O)O. The number of carbonyl (C=O) groups is 12. The van der Waals surface area contributed by atoms with E-state index in [1.807, 2.05) is 0 Å². The van der Waals surface area contributed by atoms with Crippen LogP contribution >= 0.6 is 0 Å². The quantitative estimate of drug-likeness (QED) is 0.0117. The molecule has 0 saturated heterocycles. The molecule has 496 valence electrons. The molecule has 0 heterocycles. The zero-order chi connectivity index (χ0) is 68.2. The van der Waals surface area contributed by atoms with Crippen LogP contribution in [0.5, 0.6) is 17.2 Å². The summed E-state index contributed by atoms with van der Waals surface area (Å²) >= 11 is 0. The van der Waals surface area contributed by atoms with Gasteiger partial charge >= 0.3 is 5.97 Å². The van der Waals surface area contributed by atoms with Crippen LogP contribution in [0, 0.1) is 5.92 Å². The fourth-order valence-corrected chi connectivity index (χ4v) is 9.22. The third kappa shape index (κ3) is 26.5. The van der Waals surface area contributed by atoms with Crippen molar-refractivity contribution in [3.63, 3.8) is 0 Å². The van der Waals surface area contributed by atoms with E-state index < -0.39 is 157 Å². The summed E-state index contributed by atoms with van der Waals surface area (Å²) < 4.78 is 0. The summed E-state index contributed by atoms with van der Waals surface area (Å²) in [5, 5.41) is 60.1.